The topological polar surface area (TPSA) is 81.0 Å². The highest BCUT2D eigenvalue weighted by Crippen LogP contribution is 2.39. The number of rotatable bonds is 7. The van der Waals surface area contributed by atoms with E-state index in [1.54, 1.807) is 26.0 Å². The molecule has 4 rings (SSSR count). The first-order valence-electron chi connectivity index (χ1n) is 9.66. The van der Waals surface area contributed by atoms with Crippen LogP contribution in [0.1, 0.15) is 17.2 Å². The number of para-hydroxylation sites is 2. The van der Waals surface area contributed by atoms with Gasteiger partial charge in [0.15, 0.2) is 3.95 Å². The lowest BCUT2D eigenvalue weighted by Gasteiger charge is -2.33. The molecular formula is C21H24N4O4S2. The first kappa shape index (κ1) is 21.6. The summed E-state index contributed by atoms with van der Waals surface area (Å²) in [6, 6.07) is 11.3. The quantitative estimate of drug-likeness (QED) is 0.513. The molecule has 0 saturated heterocycles. The number of benzene rings is 2. The molecule has 2 heterocycles. The Labute approximate surface area is 189 Å². The Morgan fingerprint density at radius 1 is 1.10 bits per heavy atom. The van der Waals surface area contributed by atoms with Crippen LogP contribution in [-0.2, 0) is 13.2 Å². The molecule has 3 aromatic rings. The third-order valence-corrected chi connectivity index (χ3v) is 6.37. The highest BCUT2D eigenvalue weighted by atomic mass is 32.1. The van der Waals surface area contributed by atoms with E-state index in [1.807, 2.05) is 36.4 Å². The smallest absolute Gasteiger partial charge is 0.209 e. The number of nitrogens with zero attached hydrogens (tertiary/aromatic N) is 3. The normalized spacial score (nSPS) is 15.9. The van der Waals surface area contributed by atoms with E-state index in [0.717, 1.165) is 28.3 Å². The number of methoxy groups -OCH3 is 3. The molecule has 1 aromatic heterocycles. The number of hydrogen-bond donors (Lipinski definition) is 2. The maximum atomic E-state index is 10.8. The van der Waals surface area contributed by atoms with Crippen LogP contribution >= 0.6 is 23.6 Å². The van der Waals surface area contributed by atoms with E-state index in [9.17, 15) is 5.11 Å². The second-order valence-corrected chi connectivity index (χ2v) is 8.65. The minimum Gasteiger partial charge on any atom is -0.496 e. The van der Waals surface area contributed by atoms with Gasteiger partial charge in [-0.3, -0.25) is 4.90 Å². The van der Waals surface area contributed by atoms with Gasteiger partial charge < -0.3 is 24.6 Å². The fourth-order valence-electron chi connectivity index (χ4n) is 3.75. The molecule has 2 N–H and O–H groups in total. The average Bonchev–Trinajstić information content (AvgIpc) is 3.11. The van der Waals surface area contributed by atoms with Crippen molar-refractivity contribution in [2.75, 3.05) is 33.2 Å². The lowest BCUT2D eigenvalue weighted by Crippen LogP contribution is -2.35. The van der Waals surface area contributed by atoms with Crippen molar-refractivity contribution in [1.29, 1.82) is 0 Å². The van der Waals surface area contributed by atoms with Crippen molar-refractivity contribution in [2.45, 2.75) is 19.3 Å². The third-order valence-electron chi connectivity index (χ3n) is 5.15. The predicted molar refractivity (Wildman–Crippen MR) is 122 cm³/mol. The minimum absolute atomic E-state index is 0.436. The molecule has 0 aliphatic carbocycles. The molecule has 2 aromatic carbocycles. The molecule has 0 spiro atoms. The Morgan fingerprint density at radius 3 is 2.55 bits per heavy atom. The number of ether oxygens (including phenoxy) is 3. The van der Waals surface area contributed by atoms with Crippen molar-refractivity contribution in [3.63, 3.8) is 0 Å². The van der Waals surface area contributed by atoms with Crippen LogP contribution < -0.4 is 19.5 Å². The van der Waals surface area contributed by atoms with Crippen LogP contribution in [0, 0.1) is 3.95 Å². The Balaban J connectivity index is 1.55. The molecule has 0 radical (unpaired) electrons. The summed E-state index contributed by atoms with van der Waals surface area (Å²) in [5.74, 6) is 2.11. The maximum Gasteiger partial charge on any atom is 0.209 e. The van der Waals surface area contributed by atoms with Crippen LogP contribution in [0.25, 0.3) is 0 Å². The van der Waals surface area contributed by atoms with Gasteiger partial charge in [-0.2, -0.15) is 0 Å². The summed E-state index contributed by atoms with van der Waals surface area (Å²) in [7, 11) is 4.86. The lowest BCUT2D eigenvalue weighted by molar-refractivity contribution is 0.0673. The van der Waals surface area contributed by atoms with Crippen LogP contribution in [0.4, 0.5) is 10.8 Å². The van der Waals surface area contributed by atoms with E-state index in [2.05, 4.69) is 15.3 Å². The lowest BCUT2D eigenvalue weighted by atomic mass is 9.95. The summed E-state index contributed by atoms with van der Waals surface area (Å²) in [5, 5.41) is 19.4. The molecule has 164 valence electrons. The van der Waals surface area contributed by atoms with Crippen LogP contribution in [0.2, 0.25) is 0 Å². The molecule has 0 amide bonds. The van der Waals surface area contributed by atoms with Crippen molar-refractivity contribution in [3.05, 3.63) is 51.5 Å². The van der Waals surface area contributed by atoms with Crippen LogP contribution in [0.3, 0.4) is 0 Å². The monoisotopic (exact) mass is 460 g/mol. The van der Waals surface area contributed by atoms with Crippen molar-refractivity contribution < 1.29 is 19.3 Å². The van der Waals surface area contributed by atoms with Crippen molar-refractivity contribution >= 4 is 34.4 Å². The van der Waals surface area contributed by atoms with Gasteiger partial charge in [0.2, 0.25) is 5.13 Å². The van der Waals surface area contributed by atoms with Crippen LogP contribution in [0.5, 0.6) is 17.2 Å². The predicted octanol–water partition coefficient (Wildman–Crippen LogP) is 3.95. The third kappa shape index (κ3) is 4.38. The number of fused-ring (bicyclic) bond motifs is 1. The van der Waals surface area contributed by atoms with Gasteiger partial charge in [0.05, 0.1) is 39.8 Å². The molecule has 1 atom stereocenters. The number of anilines is 2. The molecule has 1 aliphatic rings. The summed E-state index contributed by atoms with van der Waals surface area (Å²) in [4.78, 5) is 2.08. The second kappa shape index (κ2) is 9.23. The van der Waals surface area contributed by atoms with Crippen LogP contribution in [0.15, 0.2) is 36.4 Å². The SMILES string of the molecule is COc1ccccc1Nc1nn(CN2Cc3c(OC)ccc(OC)c3[C@H](O)C2)c(=S)s1. The molecule has 0 bridgehead atoms. The molecule has 0 fully saturated rings. The van der Waals surface area contributed by atoms with E-state index >= 15 is 0 Å². The van der Waals surface area contributed by atoms with E-state index in [-0.39, 0.29) is 0 Å². The number of hydrogen-bond acceptors (Lipinski definition) is 9. The Hall–Kier alpha value is -2.66. The molecule has 0 unspecified atom stereocenters. The maximum absolute atomic E-state index is 10.8. The molecule has 31 heavy (non-hydrogen) atoms. The molecule has 8 nitrogen and oxygen atoms in total. The Morgan fingerprint density at radius 2 is 1.81 bits per heavy atom. The van der Waals surface area contributed by atoms with Gasteiger partial charge in [-0.25, -0.2) is 4.68 Å². The number of aliphatic hydroxyl groups is 1. The second-order valence-electron chi connectivity index (χ2n) is 7.03. The van der Waals surface area contributed by atoms with E-state index in [1.165, 1.54) is 11.3 Å². The summed E-state index contributed by atoms with van der Waals surface area (Å²) in [6.07, 6.45) is -0.701. The van der Waals surface area contributed by atoms with Crippen LogP contribution in [-0.4, -0.2) is 47.7 Å². The summed E-state index contributed by atoms with van der Waals surface area (Å²) in [5.41, 5.74) is 2.51. The number of aromatic nitrogens is 2. The van der Waals surface area contributed by atoms with Crippen molar-refractivity contribution in [3.8, 4) is 17.2 Å². The number of β-amino-alcohol motifs (C(OH)–C–C–N with tert-alkyl or cyclic N) is 1. The highest BCUT2D eigenvalue weighted by molar-refractivity contribution is 7.73. The van der Waals surface area contributed by atoms with E-state index in [4.69, 9.17) is 26.4 Å². The van der Waals surface area contributed by atoms with Gasteiger partial charge in [0, 0.05) is 24.2 Å². The zero-order valence-electron chi connectivity index (χ0n) is 17.5. The van der Waals surface area contributed by atoms with Crippen molar-refractivity contribution in [2.24, 2.45) is 0 Å². The van der Waals surface area contributed by atoms with Gasteiger partial charge in [-0.05, 0) is 36.5 Å². The minimum atomic E-state index is -0.701. The summed E-state index contributed by atoms with van der Waals surface area (Å²) < 4.78 is 18.7. The number of aliphatic hydroxyl groups excluding tert-OH is 1. The molecule has 1 aliphatic heterocycles. The zero-order chi connectivity index (χ0) is 22.0. The van der Waals surface area contributed by atoms with E-state index in [0.29, 0.717) is 34.6 Å². The molecule has 0 saturated carbocycles. The Bertz CT molecular complexity index is 1130. The van der Waals surface area contributed by atoms with E-state index < -0.39 is 6.10 Å². The van der Waals surface area contributed by atoms with Gasteiger partial charge >= 0.3 is 0 Å². The molecular weight excluding hydrogens is 436 g/mol. The number of nitrogens with one attached hydrogen (secondary N) is 1. The summed E-state index contributed by atoms with van der Waals surface area (Å²) >= 11 is 6.91. The summed E-state index contributed by atoms with van der Waals surface area (Å²) in [6.45, 7) is 1.46. The standard InChI is InChI=1S/C21H24N4O4S2/c1-27-16-8-9-18(29-3)19-13(16)10-24(11-15(19)26)12-25-21(30)31-20(23-25)22-14-6-4-5-7-17(14)28-2/h4-9,15,26H,10-12H2,1-3H3,(H,22,23)/t15-/m1/s1. The van der Waals surface area contributed by atoms with Gasteiger partial charge in [0.25, 0.3) is 0 Å². The van der Waals surface area contributed by atoms with Crippen molar-refractivity contribution in [1.82, 2.24) is 14.7 Å². The first-order chi connectivity index (χ1) is 15.0. The Kier molecular flexibility index (Phi) is 6.42. The largest absolute Gasteiger partial charge is 0.496 e. The zero-order valence-corrected chi connectivity index (χ0v) is 19.1. The fraction of sp³-hybridized carbons (Fsp3) is 0.333. The first-order valence-corrected chi connectivity index (χ1v) is 10.9. The van der Waals surface area contributed by atoms with Gasteiger partial charge in [-0.15, -0.1) is 5.10 Å². The van der Waals surface area contributed by atoms with Gasteiger partial charge in [0.1, 0.15) is 17.2 Å². The average molecular weight is 461 g/mol. The highest BCUT2D eigenvalue weighted by Gasteiger charge is 2.30. The molecule has 10 heteroatoms. The fourth-order valence-corrected chi connectivity index (χ4v) is 4.76. The van der Waals surface area contributed by atoms with Gasteiger partial charge in [-0.1, -0.05) is 23.5 Å².